The fourth-order valence-corrected chi connectivity index (χ4v) is 3.38. The van der Waals surface area contributed by atoms with Crippen LogP contribution in [0.3, 0.4) is 0 Å². The zero-order valence-electron chi connectivity index (χ0n) is 18.7. The summed E-state index contributed by atoms with van der Waals surface area (Å²) in [6.07, 6.45) is 0.149. The molecule has 3 rings (SSSR count). The molecule has 0 aromatic heterocycles. The van der Waals surface area contributed by atoms with E-state index in [0.29, 0.717) is 28.4 Å². The molecule has 32 heavy (non-hydrogen) atoms. The van der Waals surface area contributed by atoms with Crippen molar-refractivity contribution in [2.75, 3.05) is 34.1 Å². The first-order chi connectivity index (χ1) is 15.3. The molecule has 1 aliphatic rings. The molecule has 7 nitrogen and oxygen atoms in total. The zero-order chi connectivity index (χ0) is 23.3. The molecule has 8 heteroatoms. The van der Waals surface area contributed by atoms with Crippen LogP contribution in [0, 0.1) is 5.41 Å². The number of carbonyl (C=O) groups excluding carboxylic acids is 2. The van der Waals surface area contributed by atoms with E-state index in [0.717, 1.165) is 11.1 Å². The predicted octanol–water partition coefficient (Wildman–Crippen LogP) is 4.35. The van der Waals surface area contributed by atoms with Crippen LogP contribution in [0.2, 0.25) is 0 Å². The highest BCUT2D eigenvalue weighted by molar-refractivity contribution is 5.96. The molecule has 0 unspecified atom stereocenters. The Balaban J connectivity index is 1.98. The Morgan fingerprint density at radius 3 is 2.50 bits per heavy atom. The number of carbonyl (C=O) groups is 2. The predicted molar refractivity (Wildman–Crippen MR) is 115 cm³/mol. The van der Waals surface area contributed by atoms with Gasteiger partial charge < -0.3 is 23.7 Å². The molecule has 1 aliphatic heterocycles. The lowest BCUT2D eigenvalue weighted by Gasteiger charge is -2.25. The first-order valence-electron chi connectivity index (χ1n) is 10.2. The van der Waals surface area contributed by atoms with Gasteiger partial charge in [-0.3, -0.25) is 9.18 Å². The van der Waals surface area contributed by atoms with Gasteiger partial charge in [-0.15, -0.1) is 0 Å². The number of halogens is 1. The molecule has 0 radical (unpaired) electrons. The third-order valence-corrected chi connectivity index (χ3v) is 5.17. The fraction of sp³-hybridized carbons (Fsp3) is 0.417. The lowest BCUT2D eigenvalue weighted by Crippen LogP contribution is -2.33. The van der Waals surface area contributed by atoms with E-state index >= 15 is 0 Å². The topological polar surface area (TPSA) is 80.3 Å². The highest BCUT2D eigenvalue weighted by Crippen LogP contribution is 2.46. The first-order valence-corrected chi connectivity index (χ1v) is 10.2. The number of ether oxygens (including phenoxy) is 5. The number of esters is 2. The summed E-state index contributed by atoms with van der Waals surface area (Å²) in [4.78, 5) is 24.5. The van der Waals surface area contributed by atoms with Crippen molar-refractivity contribution in [1.29, 1.82) is 0 Å². The maximum Gasteiger partial charge on any atom is 0.338 e. The molecule has 172 valence electrons. The highest BCUT2D eigenvalue weighted by Gasteiger charge is 2.33. The van der Waals surface area contributed by atoms with E-state index in [9.17, 15) is 14.0 Å². The molecule has 1 heterocycles. The lowest BCUT2D eigenvalue weighted by molar-refractivity contribution is -0.155. The van der Waals surface area contributed by atoms with Crippen LogP contribution in [0.1, 0.15) is 36.2 Å². The molecule has 2 aromatic rings. The van der Waals surface area contributed by atoms with Crippen molar-refractivity contribution in [3.63, 3.8) is 0 Å². The zero-order valence-corrected chi connectivity index (χ0v) is 18.7. The second-order valence-electron chi connectivity index (χ2n) is 7.94. The van der Waals surface area contributed by atoms with Crippen molar-refractivity contribution in [2.45, 2.75) is 26.9 Å². The summed E-state index contributed by atoms with van der Waals surface area (Å²) in [5, 5.41) is 0. The molecule has 0 fully saturated rings. The molecule has 0 saturated carbocycles. The van der Waals surface area contributed by atoms with Crippen molar-refractivity contribution < 1.29 is 37.7 Å². The van der Waals surface area contributed by atoms with E-state index in [1.54, 1.807) is 32.0 Å². The molecule has 0 bridgehead atoms. The first kappa shape index (κ1) is 23.4. The van der Waals surface area contributed by atoms with Gasteiger partial charge in [-0.05, 0) is 37.6 Å². The lowest BCUT2D eigenvalue weighted by atomic mass is 9.94. The van der Waals surface area contributed by atoms with E-state index in [-0.39, 0.29) is 32.2 Å². The van der Waals surface area contributed by atoms with Gasteiger partial charge in [0.1, 0.15) is 13.2 Å². The molecular weight excluding hydrogens is 419 g/mol. The average molecular weight is 446 g/mol. The van der Waals surface area contributed by atoms with E-state index in [1.807, 2.05) is 12.1 Å². The minimum atomic E-state index is -1.00. The van der Waals surface area contributed by atoms with Crippen LogP contribution in [0.25, 0.3) is 11.1 Å². The third kappa shape index (κ3) is 4.64. The van der Waals surface area contributed by atoms with E-state index in [4.69, 9.17) is 23.7 Å². The summed E-state index contributed by atoms with van der Waals surface area (Å²) < 4.78 is 39.8. The van der Waals surface area contributed by atoms with Crippen molar-refractivity contribution in [3.8, 4) is 28.4 Å². The molecule has 0 amide bonds. The maximum atomic E-state index is 12.4. The van der Waals surface area contributed by atoms with Gasteiger partial charge in [0.05, 0.1) is 38.5 Å². The molecule has 0 spiro atoms. The normalized spacial score (nSPS) is 12.7. The van der Waals surface area contributed by atoms with Gasteiger partial charge >= 0.3 is 11.9 Å². The molecule has 0 atom stereocenters. The van der Waals surface area contributed by atoms with E-state index < -0.39 is 18.1 Å². The van der Waals surface area contributed by atoms with E-state index in [1.165, 1.54) is 14.2 Å². The third-order valence-electron chi connectivity index (χ3n) is 5.17. The average Bonchev–Trinajstić information content (AvgIpc) is 3.18. The quantitative estimate of drug-likeness (QED) is 0.397. The second-order valence-corrected chi connectivity index (χ2v) is 7.94. The Morgan fingerprint density at radius 1 is 1.06 bits per heavy atom. The van der Waals surface area contributed by atoms with Gasteiger partial charge in [0.15, 0.2) is 11.5 Å². The minimum Gasteiger partial charge on any atom is -0.493 e. The minimum absolute atomic E-state index is 0.0106. The highest BCUT2D eigenvalue weighted by atomic mass is 19.1. The standard InChI is InChI=1S/C24H27FO7/c1-24(2,23(27)30-12-6-11-25)14-32-20-16(9-10-19(28-3)21(20)29-4)15-7-5-8-17-18(15)13-31-22(17)26/h5,7-10H,6,11-14H2,1-4H3. The van der Waals surface area contributed by atoms with Gasteiger partial charge in [-0.1, -0.05) is 12.1 Å². The largest absolute Gasteiger partial charge is 0.493 e. The molecule has 0 aliphatic carbocycles. The molecule has 0 N–H and O–H groups in total. The van der Waals surface area contributed by atoms with E-state index in [2.05, 4.69) is 0 Å². The number of benzene rings is 2. The summed E-state index contributed by atoms with van der Waals surface area (Å²) in [7, 11) is 3.01. The number of alkyl halides is 1. The van der Waals surface area contributed by atoms with Crippen molar-refractivity contribution >= 4 is 11.9 Å². The monoisotopic (exact) mass is 446 g/mol. The molecular formula is C24H27FO7. The Hall–Kier alpha value is -3.29. The Kier molecular flexibility index (Phi) is 7.22. The summed E-state index contributed by atoms with van der Waals surface area (Å²) in [5.41, 5.74) is 1.67. The van der Waals surface area contributed by atoms with Gasteiger partial charge in [-0.2, -0.15) is 0 Å². The van der Waals surface area contributed by atoms with Crippen molar-refractivity contribution in [3.05, 3.63) is 41.5 Å². The van der Waals surface area contributed by atoms with Crippen LogP contribution < -0.4 is 14.2 Å². The molecule has 0 saturated heterocycles. The van der Waals surface area contributed by atoms with Crippen LogP contribution in [0.4, 0.5) is 4.39 Å². The Morgan fingerprint density at radius 2 is 1.81 bits per heavy atom. The van der Waals surface area contributed by atoms with Gasteiger partial charge in [0.25, 0.3) is 0 Å². The molecule has 2 aromatic carbocycles. The smallest absolute Gasteiger partial charge is 0.338 e. The van der Waals surface area contributed by atoms with Crippen molar-refractivity contribution in [1.82, 2.24) is 0 Å². The number of hydrogen-bond donors (Lipinski definition) is 0. The van der Waals surface area contributed by atoms with Gasteiger partial charge in [-0.25, -0.2) is 4.79 Å². The summed E-state index contributed by atoms with van der Waals surface area (Å²) in [6, 6.07) is 8.90. The Bertz CT molecular complexity index is 1000. The van der Waals surface area contributed by atoms with Gasteiger partial charge in [0, 0.05) is 17.5 Å². The van der Waals surface area contributed by atoms with Crippen LogP contribution in [-0.2, 0) is 20.9 Å². The Labute approximate surface area is 186 Å². The van der Waals surface area contributed by atoms with Crippen LogP contribution in [-0.4, -0.2) is 46.0 Å². The van der Waals surface area contributed by atoms with Crippen LogP contribution in [0.5, 0.6) is 17.2 Å². The summed E-state index contributed by atoms with van der Waals surface area (Å²) in [6.45, 7) is 2.96. The van der Waals surface area contributed by atoms with Crippen molar-refractivity contribution in [2.24, 2.45) is 5.41 Å². The fourth-order valence-electron chi connectivity index (χ4n) is 3.38. The van der Waals surface area contributed by atoms with Crippen LogP contribution in [0.15, 0.2) is 30.3 Å². The number of cyclic esters (lactones) is 1. The SMILES string of the molecule is COc1ccc(-c2cccc3c2COC3=O)c(OCC(C)(C)C(=O)OCCCF)c1OC. The maximum absolute atomic E-state index is 12.4. The summed E-state index contributed by atoms with van der Waals surface area (Å²) in [5.74, 6) is 0.309. The number of rotatable bonds is 10. The number of hydrogen-bond acceptors (Lipinski definition) is 7. The second kappa shape index (κ2) is 9.89. The number of fused-ring (bicyclic) bond motifs is 1. The van der Waals surface area contributed by atoms with Gasteiger partial charge in [0.2, 0.25) is 5.75 Å². The van der Waals surface area contributed by atoms with Crippen LogP contribution >= 0.6 is 0 Å². The number of methoxy groups -OCH3 is 2. The summed E-state index contributed by atoms with van der Waals surface area (Å²) >= 11 is 0.